The maximum Gasteiger partial charge on any atom is 0.284 e. The van der Waals surface area contributed by atoms with Crippen molar-refractivity contribution in [2.75, 3.05) is 5.01 Å². The molecule has 4 rings (SSSR count). The largest absolute Gasteiger partial charge is 0.284 e. The molecule has 30 heavy (non-hydrogen) atoms. The van der Waals surface area contributed by atoms with Crippen LogP contribution in [0.25, 0.3) is 0 Å². The molecule has 1 fully saturated rings. The summed E-state index contributed by atoms with van der Waals surface area (Å²) in [5.41, 5.74) is 5.85. The standard InChI is InChI=1S/C24H20N2O2S2/c27-22-21(23(28)26(25-22)20-14-8-3-9-15-20)24(29-16-18-10-4-1-5-11-18)30-17-19-12-6-2-7-13-19/h1-15H,16-17H2,(H,25,27). The second-order valence-corrected chi connectivity index (χ2v) is 8.86. The van der Waals surface area contributed by atoms with Gasteiger partial charge in [-0.1, -0.05) is 78.9 Å². The van der Waals surface area contributed by atoms with E-state index in [0.717, 1.165) is 15.4 Å². The summed E-state index contributed by atoms with van der Waals surface area (Å²) in [6.45, 7) is 0. The van der Waals surface area contributed by atoms with Crippen LogP contribution in [0, 0.1) is 0 Å². The zero-order valence-electron chi connectivity index (χ0n) is 16.2. The number of thioether (sulfide) groups is 2. The Bertz CT molecular complexity index is 1010. The summed E-state index contributed by atoms with van der Waals surface area (Å²) >= 11 is 3.06. The predicted molar refractivity (Wildman–Crippen MR) is 125 cm³/mol. The molecule has 0 aliphatic carbocycles. The van der Waals surface area contributed by atoms with Gasteiger partial charge in [-0.25, -0.2) is 5.01 Å². The first-order valence-electron chi connectivity index (χ1n) is 9.50. The number of anilines is 1. The third-order valence-electron chi connectivity index (χ3n) is 4.50. The lowest BCUT2D eigenvalue weighted by atomic mass is 10.2. The highest BCUT2D eigenvalue weighted by atomic mass is 32.2. The molecule has 150 valence electrons. The highest BCUT2D eigenvalue weighted by molar-refractivity contribution is 8.21. The molecule has 0 aromatic heterocycles. The summed E-state index contributed by atoms with van der Waals surface area (Å²) in [4.78, 5) is 25.9. The van der Waals surface area contributed by atoms with E-state index in [1.54, 1.807) is 12.1 Å². The van der Waals surface area contributed by atoms with Gasteiger partial charge in [0.25, 0.3) is 11.8 Å². The summed E-state index contributed by atoms with van der Waals surface area (Å²) in [5.74, 6) is 0.697. The number of hydrazine groups is 1. The Labute approximate surface area is 184 Å². The summed E-state index contributed by atoms with van der Waals surface area (Å²) in [6.07, 6.45) is 0. The van der Waals surface area contributed by atoms with Crippen molar-refractivity contribution < 1.29 is 9.59 Å². The van der Waals surface area contributed by atoms with Gasteiger partial charge < -0.3 is 0 Å². The van der Waals surface area contributed by atoms with Crippen LogP contribution in [-0.4, -0.2) is 11.8 Å². The third-order valence-corrected chi connectivity index (χ3v) is 7.10. The second kappa shape index (κ2) is 9.69. The van der Waals surface area contributed by atoms with Gasteiger partial charge in [-0.05, 0) is 23.3 Å². The first kappa shape index (κ1) is 20.3. The Morgan fingerprint density at radius 1 is 0.700 bits per heavy atom. The number of benzene rings is 3. The molecule has 6 heteroatoms. The highest BCUT2D eigenvalue weighted by Crippen LogP contribution is 2.38. The lowest BCUT2D eigenvalue weighted by Gasteiger charge is -2.14. The summed E-state index contributed by atoms with van der Waals surface area (Å²) in [6, 6.07) is 29.2. The van der Waals surface area contributed by atoms with Crippen molar-refractivity contribution in [1.82, 2.24) is 5.43 Å². The number of nitrogens with one attached hydrogen (secondary N) is 1. The Kier molecular flexibility index (Phi) is 6.57. The van der Waals surface area contributed by atoms with E-state index in [-0.39, 0.29) is 17.4 Å². The molecule has 1 N–H and O–H groups in total. The van der Waals surface area contributed by atoms with E-state index in [2.05, 4.69) is 5.43 Å². The topological polar surface area (TPSA) is 49.4 Å². The minimum Gasteiger partial charge on any atom is -0.267 e. The van der Waals surface area contributed by atoms with Gasteiger partial charge in [-0.3, -0.25) is 15.0 Å². The molecule has 2 amide bonds. The maximum absolute atomic E-state index is 13.1. The molecule has 0 bridgehead atoms. The molecular weight excluding hydrogens is 412 g/mol. The van der Waals surface area contributed by atoms with Gasteiger partial charge in [0.1, 0.15) is 5.57 Å². The minimum atomic E-state index is -0.361. The summed E-state index contributed by atoms with van der Waals surface area (Å²) < 4.78 is 0.739. The average molecular weight is 433 g/mol. The third kappa shape index (κ3) is 4.78. The van der Waals surface area contributed by atoms with Crippen molar-refractivity contribution in [3.05, 3.63) is 112 Å². The van der Waals surface area contributed by atoms with E-state index in [9.17, 15) is 9.59 Å². The first-order valence-corrected chi connectivity index (χ1v) is 11.5. The first-order chi connectivity index (χ1) is 14.7. The summed E-state index contributed by atoms with van der Waals surface area (Å²) in [7, 11) is 0. The lowest BCUT2D eigenvalue weighted by Crippen LogP contribution is -2.35. The molecule has 3 aromatic carbocycles. The molecule has 0 unspecified atom stereocenters. The lowest BCUT2D eigenvalue weighted by molar-refractivity contribution is -0.117. The predicted octanol–water partition coefficient (Wildman–Crippen LogP) is 5.14. The van der Waals surface area contributed by atoms with Crippen molar-refractivity contribution in [2.45, 2.75) is 11.5 Å². The normalized spacial score (nSPS) is 13.5. The molecule has 1 aliphatic rings. The number of nitrogens with zero attached hydrogens (tertiary/aromatic N) is 1. The van der Waals surface area contributed by atoms with Gasteiger partial charge in [0.05, 0.1) is 9.92 Å². The molecule has 1 saturated heterocycles. The van der Waals surface area contributed by atoms with Gasteiger partial charge in [-0.2, -0.15) is 0 Å². The molecule has 1 aliphatic heterocycles. The molecule has 3 aromatic rings. The molecule has 4 nitrogen and oxygen atoms in total. The van der Waals surface area contributed by atoms with Crippen LogP contribution in [0.15, 0.2) is 101 Å². The van der Waals surface area contributed by atoms with Crippen LogP contribution < -0.4 is 10.4 Å². The highest BCUT2D eigenvalue weighted by Gasteiger charge is 2.37. The van der Waals surface area contributed by atoms with Crippen LogP contribution in [0.1, 0.15) is 11.1 Å². The fourth-order valence-electron chi connectivity index (χ4n) is 2.99. The van der Waals surface area contributed by atoms with Gasteiger partial charge in [-0.15, -0.1) is 23.5 Å². The van der Waals surface area contributed by atoms with E-state index < -0.39 is 0 Å². The Morgan fingerprint density at radius 3 is 1.67 bits per heavy atom. The number of carbonyl (C=O) groups excluding carboxylic acids is 2. The SMILES string of the molecule is O=C1NN(c2ccccc2)C(=O)C1=C(SCc1ccccc1)SCc1ccccc1. The fraction of sp³-hybridized carbons (Fsp3) is 0.0833. The molecule has 0 spiro atoms. The fourth-order valence-corrected chi connectivity index (χ4v) is 5.30. The van der Waals surface area contributed by atoms with Gasteiger partial charge in [0, 0.05) is 11.5 Å². The Hall–Kier alpha value is -2.96. The molecule has 0 radical (unpaired) electrons. The quantitative estimate of drug-likeness (QED) is 0.415. The number of carbonyl (C=O) groups is 2. The van der Waals surface area contributed by atoms with Crippen LogP contribution in [0.4, 0.5) is 5.69 Å². The van der Waals surface area contributed by atoms with Crippen molar-refractivity contribution in [2.24, 2.45) is 0 Å². The van der Waals surface area contributed by atoms with E-state index in [0.29, 0.717) is 17.2 Å². The van der Waals surface area contributed by atoms with Crippen molar-refractivity contribution >= 4 is 41.0 Å². The van der Waals surface area contributed by atoms with E-state index in [1.165, 1.54) is 28.5 Å². The second-order valence-electron chi connectivity index (χ2n) is 6.63. The van der Waals surface area contributed by atoms with Crippen LogP contribution in [0.3, 0.4) is 0 Å². The Balaban J connectivity index is 1.61. The zero-order chi connectivity index (χ0) is 20.8. The number of hydrogen-bond acceptors (Lipinski definition) is 4. The number of para-hydroxylation sites is 1. The van der Waals surface area contributed by atoms with Crippen LogP contribution in [-0.2, 0) is 21.1 Å². The van der Waals surface area contributed by atoms with Crippen molar-refractivity contribution in [3.63, 3.8) is 0 Å². The van der Waals surface area contributed by atoms with Gasteiger partial charge in [0.2, 0.25) is 0 Å². The summed E-state index contributed by atoms with van der Waals surface area (Å²) in [5, 5.41) is 1.32. The average Bonchev–Trinajstić information content (AvgIpc) is 3.10. The minimum absolute atomic E-state index is 0.209. The molecule has 1 heterocycles. The van der Waals surface area contributed by atoms with Crippen molar-refractivity contribution in [3.8, 4) is 0 Å². The molecule has 0 atom stereocenters. The molecular formula is C24H20N2O2S2. The van der Waals surface area contributed by atoms with Gasteiger partial charge in [0.15, 0.2) is 0 Å². The van der Waals surface area contributed by atoms with Crippen LogP contribution >= 0.6 is 23.5 Å². The smallest absolute Gasteiger partial charge is 0.267 e. The number of amides is 2. The number of rotatable bonds is 7. The van der Waals surface area contributed by atoms with Crippen LogP contribution in [0.5, 0.6) is 0 Å². The van der Waals surface area contributed by atoms with Gasteiger partial charge >= 0.3 is 0 Å². The van der Waals surface area contributed by atoms with Crippen LogP contribution in [0.2, 0.25) is 0 Å². The van der Waals surface area contributed by atoms with Crippen molar-refractivity contribution in [1.29, 1.82) is 0 Å². The van der Waals surface area contributed by atoms with E-state index in [1.807, 2.05) is 78.9 Å². The van der Waals surface area contributed by atoms with E-state index >= 15 is 0 Å². The van der Waals surface area contributed by atoms with E-state index in [4.69, 9.17) is 0 Å². The molecule has 0 saturated carbocycles. The number of hydrogen-bond donors (Lipinski definition) is 1. The Morgan fingerprint density at radius 2 is 1.17 bits per heavy atom. The maximum atomic E-state index is 13.1. The monoisotopic (exact) mass is 432 g/mol. The zero-order valence-corrected chi connectivity index (χ0v) is 17.8.